The summed E-state index contributed by atoms with van der Waals surface area (Å²) in [6.45, 7) is 6.60. The predicted octanol–water partition coefficient (Wildman–Crippen LogP) is 4.32. The van der Waals surface area contributed by atoms with Gasteiger partial charge in [0, 0.05) is 17.8 Å². The minimum absolute atomic E-state index is 0.136. The first-order valence-corrected chi connectivity index (χ1v) is 9.46. The number of unbranched alkanes of at least 4 members (excludes halogenated alkanes) is 1. The van der Waals surface area contributed by atoms with Crippen LogP contribution in [-0.4, -0.2) is 24.5 Å². The number of nitrogens with one attached hydrogen (secondary N) is 2. The van der Waals surface area contributed by atoms with Crippen LogP contribution in [0.4, 0.5) is 5.69 Å². The van der Waals surface area contributed by atoms with Crippen molar-refractivity contribution in [3.8, 4) is 5.75 Å². The standard InChI is InChI=1S/C22H28N2O3/c1-4-6-13-23-21(25)17-10-8-11-18(15-17)24-22(26)20(5-2)27-19-12-7-9-16(3)14-19/h7-12,14-15,20H,4-6,13H2,1-3H3,(H,23,25)(H,24,26). The second-order valence-corrected chi connectivity index (χ2v) is 6.51. The molecule has 0 aromatic heterocycles. The maximum atomic E-state index is 12.6. The van der Waals surface area contributed by atoms with Crippen molar-refractivity contribution in [3.63, 3.8) is 0 Å². The molecule has 0 aliphatic heterocycles. The van der Waals surface area contributed by atoms with Gasteiger partial charge in [0.05, 0.1) is 0 Å². The normalized spacial score (nSPS) is 11.5. The number of aryl methyl sites for hydroxylation is 1. The van der Waals surface area contributed by atoms with Crippen LogP contribution < -0.4 is 15.4 Å². The Kier molecular flexibility index (Phi) is 7.86. The maximum absolute atomic E-state index is 12.6. The Morgan fingerprint density at radius 2 is 1.85 bits per heavy atom. The second kappa shape index (κ2) is 10.4. The molecule has 0 saturated carbocycles. The zero-order valence-corrected chi connectivity index (χ0v) is 16.2. The Morgan fingerprint density at radius 1 is 1.07 bits per heavy atom. The molecule has 0 saturated heterocycles. The number of ether oxygens (including phenoxy) is 1. The molecule has 2 rings (SSSR count). The maximum Gasteiger partial charge on any atom is 0.265 e. The summed E-state index contributed by atoms with van der Waals surface area (Å²) in [5, 5.41) is 5.72. The van der Waals surface area contributed by atoms with Crippen molar-refractivity contribution >= 4 is 17.5 Å². The van der Waals surface area contributed by atoms with Gasteiger partial charge in [0.2, 0.25) is 0 Å². The van der Waals surface area contributed by atoms with Gasteiger partial charge < -0.3 is 15.4 Å². The zero-order valence-electron chi connectivity index (χ0n) is 16.2. The third-order valence-electron chi connectivity index (χ3n) is 4.14. The van der Waals surface area contributed by atoms with Crippen molar-refractivity contribution in [1.29, 1.82) is 0 Å². The third kappa shape index (κ3) is 6.44. The predicted molar refractivity (Wildman–Crippen MR) is 108 cm³/mol. The SMILES string of the molecule is CCCCNC(=O)c1cccc(NC(=O)C(CC)Oc2cccc(C)c2)c1. The van der Waals surface area contributed by atoms with Gasteiger partial charge in [-0.1, -0.05) is 38.5 Å². The molecule has 1 atom stereocenters. The highest BCUT2D eigenvalue weighted by Gasteiger charge is 2.19. The fraction of sp³-hybridized carbons (Fsp3) is 0.364. The van der Waals surface area contributed by atoms with E-state index in [2.05, 4.69) is 17.6 Å². The van der Waals surface area contributed by atoms with Crippen molar-refractivity contribution < 1.29 is 14.3 Å². The number of hydrogen-bond acceptors (Lipinski definition) is 3. The minimum Gasteiger partial charge on any atom is -0.481 e. The fourth-order valence-corrected chi connectivity index (χ4v) is 2.62. The molecular formula is C22H28N2O3. The van der Waals surface area contributed by atoms with Crippen LogP contribution in [0, 0.1) is 6.92 Å². The summed E-state index contributed by atoms with van der Waals surface area (Å²) in [5.41, 5.74) is 2.18. The largest absolute Gasteiger partial charge is 0.481 e. The van der Waals surface area contributed by atoms with E-state index in [1.54, 1.807) is 24.3 Å². The molecule has 1 unspecified atom stereocenters. The molecule has 0 spiro atoms. The Bertz CT molecular complexity index is 774. The van der Waals surface area contributed by atoms with Crippen LogP contribution in [-0.2, 0) is 4.79 Å². The molecule has 2 N–H and O–H groups in total. The average molecular weight is 368 g/mol. The van der Waals surface area contributed by atoms with Gasteiger partial charge in [0.1, 0.15) is 5.75 Å². The summed E-state index contributed by atoms with van der Waals surface area (Å²) < 4.78 is 5.83. The van der Waals surface area contributed by atoms with Crippen LogP contribution in [0.15, 0.2) is 48.5 Å². The topological polar surface area (TPSA) is 67.4 Å². The van der Waals surface area contributed by atoms with E-state index in [0.717, 1.165) is 18.4 Å². The number of hydrogen-bond donors (Lipinski definition) is 2. The Labute approximate surface area is 161 Å². The van der Waals surface area contributed by atoms with Gasteiger partial charge in [-0.3, -0.25) is 9.59 Å². The van der Waals surface area contributed by atoms with Gasteiger partial charge in [0.25, 0.3) is 11.8 Å². The van der Waals surface area contributed by atoms with Crippen LogP contribution in [0.5, 0.6) is 5.75 Å². The monoisotopic (exact) mass is 368 g/mol. The van der Waals surface area contributed by atoms with Crippen molar-refractivity contribution in [2.75, 3.05) is 11.9 Å². The molecule has 2 aromatic rings. The lowest BCUT2D eigenvalue weighted by Crippen LogP contribution is -2.32. The van der Waals surface area contributed by atoms with Crippen molar-refractivity contribution in [1.82, 2.24) is 5.32 Å². The molecule has 0 bridgehead atoms. The molecule has 0 heterocycles. The summed E-state index contributed by atoms with van der Waals surface area (Å²) in [7, 11) is 0. The summed E-state index contributed by atoms with van der Waals surface area (Å²) >= 11 is 0. The summed E-state index contributed by atoms with van der Waals surface area (Å²) in [5.74, 6) is 0.297. The molecule has 0 aliphatic rings. The smallest absolute Gasteiger partial charge is 0.265 e. The zero-order chi connectivity index (χ0) is 19.6. The summed E-state index contributed by atoms with van der Waals surface area (Å²) in [4.78, 5) is 24.8. The van der Waals surface area contributed by atoms with Gasteiger partial charge in [-0.05, 0) is 55.7 Å². The molecule has 2 aromatic carbocycles. The van der Waals surface area contributed by atoms with E-state index in [1.807, 2.05) is 38.1 Å². The lowest BCUT2D eigenvalue weighted by molar-refractivity contribution is -0.122. The van der Waals surface area contributed by atoms with Gasteiger partial charge >= 0.3 is 0 Å². The van der Waals surface area contributed by atoms with E-state index in [1.165, 1.54) is 0 Å². The second-order valence-electron chi connectivity index (χ2n) is 6.51. The van der Waals surface area contributed by atoms with Crippen LogP contribution in [0.2, 0.25) is 0 Å². The van der Waals surface area contributed by atoms with E-state index in [-0.39, 0.29) is 11.8 Å². The van der Waals surface area contributed by atoms with Gasteiger partial charge in [-0.25, -0.2) is 0 Å². The van der Waals surface area contributed by atoms with Gasteiger partial charge in [-0.15, -0.1) is 0 Å². The highest BCUT2D eigenvalue weighted by molar-refractivity contribution is 5.98. The van der Waals surface area contributed by atoms with E-state index in [4.69, 9.17) is 4.74 Å². The fourth-order valence-electron chi connectivity index (χ4n) is 2.62. The van der Waals surface area contributed by atoms with Crippen molar-refractivity contribution in [3.05, 3.63) is 59.7 Å². The molecule has 2 amide bonds. The van der Waals surface area contributed by atoms with Gasteiger partial charge in [0.15, 0.2) is 6.10 Å². The Hall–Kier alpha value is -2.82. The minimum atomic E-state index is -0.603. The first-order chi connectivity index (χ1) is 13.0. The van der Waals surface area contributed by atoms with Crippen LogP contribution >= 0.6 is 0 Å². The lowest BCUT2D eigenvalue weighted by Gasteiger charge is -2.18. The summed E-state index contributed by atoms with van der Waals surface area (Å²) in [6, 6.07) is 14.5. The summed E-state index contributed by atoms with van der Waals surface area (Å²) in [6.07, 6.45) is 1.90. The average Bonchev–Trinajstić information content (AvgIpc) is 2.66. The lowest BCUT2D eigenvalue weighted by atomic mass is 10.1. The number of anilines is 1. The van der Waals surface area contributed by atoms with Crippen LogP contribution in [0.3, 0.4) is 0 Å². The van der Waals surface area contributed by atoms with E-state index >= 15 is 0 Å². The first-order valence-electron chi connectivity index (χ1n) is 9.46. The highest BCUT2D eigenvalue weighted by atomic mass is 16.5. The van der Waals surface area contributed by atoms with E-state index in [0.29, 0.717) is 30.0 Å². The van der Waals surface area contributed by atoms with E-state index < -0.39 is 6.10 Å². The molecule has 0 radical (unpaired) electrons. The van der Waals surface area contributed by atoms with Crippen LogP contribution in [0.25, 0.3) is 0 Å². The van der Waals surface area contributed by atoms with Crippen LogP contribution in [0.1, 0.15) is 49.0 Å². The Balaban J connectivity index is 2.01. The highest BCUT2D eigenvalue weighted by Crippen LogP contribution is 2.17. The van der Waals surface area contributed by atoms with Crippen molar-refractivity contribution in [2.24, 2.45) is 0 Å². The molecule has 5 nitrogen and oxygen atoms in total. The Morgan fingerprint density at radius 3 is 2.56 bits per heavy atom. The number of benzene rings is 2. The van der Waals surface area contributed by atoms with Gasteiger partial charge in [-0.2, -0.15) is 0 Å². The molecule has 0 fully saturated rings. The number of carbonyl (C=O) groups excluding carboxylic acids is 2. The quantitative estimate of drug-likeness (QED) is 0.648. The molecule has 5 heteroatoms. The molecule has 27 heavy (non-hydrogen) atoms. The molecule has 0 aliphatic carbocycles. The molecular weight excluding hydrogens is 340 g/mol. The number of rotatable bonds is 9. The van der Waals surface area contributed by atoms with Crippen molar-refractivity contribution in [2.45, 2.75) is 46.1 Å². The van der Waals surface area contributed by atoms with E-state index in [9.17, 15) is 9.59 Å². The number of amides is 2. The first kappa shape index (κ1) is 20.5. The molecule has 144 valence electrons. The third-order valence-corrected chi connectivity index (χ3v) is 4.14. The number of carbonyl (C=O) groups is 2.